The first-order chi connectivity index (χ1) is 7.13. The first-order valence-corrected chi connectivity index (χ1v) is 5.06. The first-order valence-electron chi connectivity index (χ1n) is 5.06. The summed E-state index contributed by atoms with van der Waals surface area (Å²) < 4.78 is 12.9. The molecule has 3 nitrogen and oxygen atoms in total. The first kappa shape index (κ1) is 11.8. The molecule has 0 heterocycles. The molecule has 1 aromatic rings. The highest BCUT2D eigenvalue weighted by molar-refractivity contribution is 5.66. The van der Waals surface area contributed by atoms with E-state index in [1.54, 1.807) is 0 Å². The second-order valence-electron chi connectivity index (χ2n) is 3.64. The standard InChI is InChI=1S/C11H17FN2O/c1-8(3-2-6-15)14-11-7-9(12)4-5-10(11)13/h4-5,7-8,14-15H,2-3,6,13H2,1H3. The molecule has 0 aliphatic rings. The molecule has 0 aliphatic heterocycles. The van der Waals surface area contributed by atoms with Crippen molar-refractivity contribution in [1.29, 1.82) is 0 Å². The summed E-state index contributed by atoms with van der Waals surface area (Å²) in [7, 11) is 0. The van der Waals surface area contributed by atoms with Gasteiger partial charge in [0.2, 0.25) is 0 Å². The lowest BCUT2D eigenvalue weighted by Gasteiger charge is -2.16. The lowest BCUT2D eigenvalue weighted by Crippen LogP contribution is -2.16. The van der Waals surface area contributed by atoms with Crippen LogP contribution >= 0.6 is 0 Å². The summed E-state index contributed by atoms with van der Waals surface area (Å²) in [6.07, 6.45) is 1.55. The Balaban J connectivity index is 2.59. The van der Waals surface area contributed by atoms with Crippen LogP contribution in [0.1, 0.15) is 19.8 Å². The zero-order valence-electron chi connectivity index (χ0n) is 8.83. The largest absolute Gasteiger partial charge is 0.397 e. The van der Waals surface area contributed by atoms with Gasteiger partial charge in [-0.15, -0.1) is 0 Å². The van der Waals surface area contributed by atoms with Crippen molar-refractivity contribution < 1.29 is 9.50 Å². The van der Waals surface area contributed by atoms with Crippen molar-refractivity contribution in [2.75, 3.05) is 17.7 Å². The lowest BCUT2D eigenvalue weighted by molar-refractivity contribution is 0.282. The second kappa shape index (κ2) is 5.56. The normalized spacial score (nSPS) is 12.5. The number of nitrogens with two attached hydrogens (primary N) is 1. The van der Waals surface area contributed by atoms with Crippen molar-refractivity contribution in [3.63, 3.8) is 0 Å². The summed E-state index contributed by atoms with van der Waals surface area (Å²) in [6.45, 7) is 2.14. The molecule has 15 heavy (non-hydrogen) atoms. The molecule has 84 valence electrons. The third-order valence-electron chi connectivity index (χ3n) is 2.21. The van der Waals surface area contributed by atoms with E-state index in [-0.39, 0.29) is 18.5 Å². The van der Waals surface area contributed by atoms with Crippen LogP contribution in [0.25, 0.3) is 0 Å². The molecule has 1 rings (SSSR count). The number of aliphatic hydroxyl groups excluding tert-OH is 1. The van der Waals surface area contributed by atoms with E-state index in [1.807, 2.05) is 6.92 Å². The smallest absolute Gasteiger partial charge is 0.125 e. The molecular weight excluding hydrogens is 195 g/mol. The molecule has 1 unspecified atom stereocenters. The van der Waals surface area contributed by atoms with Crippen LogP contribution in [0.5, 0.6) is 0 Å². The van der Waals surface area contributed by atoms with Gasteiger partial charge in [0.15, 0.2) is 0 Å². The number of hydrogen-bond donors (Lipinski definition) is 3. The van der Waals surface area contributed by atoms with Crippen molar-refractivity contribution in [2.45, 2.75) is 25.8 Å². The molecule has 0 fully saturated rings. The van der Waals surface area contributed by atoms with E-state index in [0.29, 0.717) is 11.4 Å². The molecule has 4 N–H and O–H groups in total. The minimum Gasteiger partial charge on any atom is -0.397 e. The van der Waals surface area contributed by atoms with Crippen LogP contribution in [0.2, 0.25) is 0 Å². The van der Waals surface area contributed by atoms with Crippen LogP contribution in [-0.4, -0.2) is 17.8 Å². The van der Waals surface area contributed by atoms with Crippen LogP contribution in [0.3, 0.4) is 0 Å². The molecule has 0 aliphatic carbocycles. The highest BCUT2D eigenvalue weighted by Gasteiger charge is 2.05. The number of rotatable bonds is 5. The van der Waals surface area contributed by atoms with Gasteiger partial charge in [-0.3, -0.25) is 0 Å². The molecule has 0 saturated carbocycles. The molecule has 0 bridgehead atoms. The number of anilines is 2. The van der Waals surface area contributed by atoms with Crippen molar-refractivity contribution >= 4 is 11.4 Å². The predicted octanol–water partition coefficient (Wildman–Crippen LogP) is 1.98. The molecule has 0 saturated heterocycles. The van der Waals surface area contributed by atoms with E-state index in [4.69, 9.17) is 10.8 Å². The maximum atomic E-state index is 12.9. The average molecular weight is 212 g/mol. The Morgan fingerprint density at radius 3 is 2.93 bits per heavy atom. The highest BCUT2D eigenvalue weighted by Crippen LogP contribution is 2.20. The Bertz CT molecular complexity index is 317. The van der Waals surface area contributed by atoms with E-state index in [9.17, 15) is 4.39 Å². The number of nitrogens with one attached hydrogen (secondary N) is 1. The van der Waals surface area contributed by atoms with Gasteiger partial charge in [-0.1, -0.05) is 0 Å². The number of nitrogen functional groups attached to an aromatic ring is 1. The van der Waals surface area contributed by atoms with Crippen LogP contribution in [0.4, 0.5) is 15.8 Å². The van der Waals surface area contributed by atoms with Crippen LogP contribution in [0.15, 0.2) is 18.2 Å². The van der Waals surface area contributed by atoms with Gasteiger partial charge in [-0.25, -0.2) is 4.39 Å². The number of aliphatic hydroxyl groups is 1. The summed E-state index contributed by atoms with van der Waals surface area (Å²) in [5, 5.41) is 11.8. The topological polar surface area (TPSA) is 58.3 Å². The van der Waals surface area contributed by atoms with E-state index in [2.05, 4.69) is 5.32 Å². The molecule has 1 atom stereocenters. The Hall–Kier alpha value is -1.29. The van der Waals surface area contributed by atoms with Crippen molar-refractivity contribution in [1.82, 2.24) is 0 Å². The van der Waals surface area contributed by atoms with Crippen molar-refractivity contribution in [2.24, 2.45) is 0 Å². The summed E-state index contributed by atoms with van der Waals surface area (Å²) in [4.78, 5) is 0. The highest BCUT2D eigenvalue weighted by atomic mass is 19.1. The fourth-order valence-corrected chi connectivity index (χ4v) is 1.39. The summed E-state index contributed by atoms with van der Waals surface area (Å²) in [6, 6.07) is 4.42. The fraction of sp³-hybridized carbons (Fsp3) is 0.455. The van der Waals surface area contributed by atoms with Gasteiger partial charge in [0.05, 0.1) is 11.4 Å². The van der Waals surface area contributed by atoms with Crippen LogP contribution in [-0.2, 0) is 0 Å². The minimum atomic E-state index is -0.305. The maximum Gasteiger partial charge on any atom is 0.125 e. The van der Waals surface area contributed by atoms with Gasteiger partial charge in [-0.2, -0.15) is 0 Å². The third kappa shape index (κ3) is 3.75. The SMILES string of the molecule is CC(CCCO)Nc1cc(F)ccc1N. The molecule has 4 heteroatoms. The number of halogens is 1. The molecular formula is C11H17FN2O. The van der Waals surface area contributed by atoms with E-state index in [0.717, 1.165) is 12.8 Å². The fourth-order valence-electron chi connectivity index (χ4n) is 1.39. The Kier molecular flexibility index (Phi) is 4.37. The van der Waals surface area contributed by atoms with Gasteiger partial charge in [-0.05, 0) is 38.0 Å². The molecule has 0 spiro atoms. The quantitative estimate of drug-likeness (QED) is 0.654. The summed E-state index contributed by atoms with van der Waals surface area (Å²) in [5.74, 6) is -0.305. The van der Waals surface area contributed by atoms with Crippen LogP contribution < -0.4 is 11.1 Å². The Morgan fingerprint density at radius 2 is 2.27 bits per heavy atom. The number of hydrogen-bond acceptors (Lipinski definition) is 3. The molecule has 1 aromatic carbocycles. The van der Waals surface area contributed by atoms with E-state index < -0.39 is 0 Å². The molecule has 0 aromatic heterocycles. The minimum absolute atomic E-state index is 0.168. The summed E-state index contributed by atoms with van der Waals surface area (Å²) >= 11 is 0. The average Bonchev–Trinajstić information content (AvgIpc) is 2.20. The van der Waals surface area contributed by atoms with Crippen LogP contribution in [0, 0.1) is 5.82 Å². The Labute approximate surface area is 89.1 Å². The monoisotopic (exact) mass is 212 g/mol. The third-order valence-corrected chi connectivity index (χ3v) is 2.21. The Morgan fingerprint density at radius 1 is 1.53 bits per heavy atom. The summed E-state index contributed by atoms with van der Waals surface area (Å²) in [5.41, 5.74) is 6.83. The predicted molar refractivity (Wildman–Crippen MR) is 60.2 cm³/mol. The van der Waals surface area contributed by atoms with Gasteiger partial charge in [0.25, 0.3) is 0 Å². The number of benzene rings is 1. The van der Waals surface area contributed by atoms with Gasteiger partial charge in [0.1, 0.15) is 5.82 Å². The van der Waals surface area contributed by atoms with E-state index in [1.165, 1.54) is 18.2 Å². The van der Waals surface area contributed by atoms with Crippen molar-refractivity contribution in [3.05, 3.63) is 24.0 Å². The van der Waals surface area contributed by atoms with Crippen molar-refractivity contribution in [3.8, 4) is 0 Å². The van der Waals surface area contributed by atoms with Gasteiger partial charge in [0, 0.05) is 12.6 Å². The molecule has 0 amide bonds. The lowest BCUT2D eigenvalue weighted by atomic mass is 10.1. The van der Waals surface area contributed by atoms with Gasteiger partial charge >= 0.3 is 0 Å². The zero-order chi connectivity index (χ0) is 11.3. The zero-order valence-corrected chi connectivity index (χ0v) is 8.83. The maximum absolute atomic E-state index is 12.9. The van der Waals surface area contributed by atoms with E-state index >= 15 is 0 Å². The second-order valence-corrected chi connectivity index (χ2v) is 3.64. The van der Waals surface area contributed by atoms with Gasteiger partial charge < -0.3 is 16.2 Å². The molecule has 0 radical (unpaired) electrons.